The molecule has 0 radical (unpaired) electrons. The van der Waals surface area contributed by atoms with Gasteiger partial charge in [0.2, 0.25) is 0 Å². The Hall–Kier alpha value is -2.70. The molecule has 4 rings (SSSR count). The van der Waals surface area contributed by atoms with Crippen molar-refractivity contribution < 1.29 is 9.13 Å². The molecule has 2 heterocycles. The van der Waals surface area contributed by atoms with E-state index < -0.39 is 0 Å². The molecule has 0 aliphatic carbocycles. The highest BCUT2D eigenvalue weighted by molar-refractivity contribution is 5.51. The van der Waals surface area contributed by atoms with E-state index in [0.717, 1.165) is 51.0 Å². The van der Waals surface area contributed by atoms with Crippen LogP contribution in [0.1, 0.15) is 25.0 Å². The highest BCUT2D eigenvalue weighted by Gasteiger charge is 2.39. The fraction of sp³-hybridized carbons (Fsp3) is 0.400. The zero-order chi connectivity index (χ0) is 21.5. The minimum Gasteiger partial charge on any atom is -0.382 e. The molecule has 164 valence electrons. The van der Waals surface area contributed by atoms with Crippen molar-refractivity contribution in [1.82, 2.24) is 15.1 Å². The van der Waals surface area contributed by atoms with E-state index in [-0.39, 0.29) is 11.4 Å². The minimum atomic E-state index is -0.255. The maximum Gasteiger partial charge on any atom is 0.146 e. The van der Waals surface area contributed by atoms with Crippen LogP contribution >= 0.6 is 0 Å². The Morgan fingerprint density at radius 2 is 1.87 bits per heavy atom. The Morgan fingerprint density at radius 3 is 2.68 bits per heavy atom. The predicted octanol–water partition coefficient (Wildman–Crippen LogP) is 4.22. The average Bonchev–Trinajstić information content (AvgIpc) is 3.27. The number of ether oxygens (including phenoxy) is 1. The summed E-state index contributed by atoms with van der Waals surface area (Å²) >= 11 is 0. The molecule has 0 spiro atoms. The molecule has 1 aromatic heterocycles. The molecule has 5 nitrogen and oxygen atoms in total. The number of nitrogens with zero attached hydrogens (tertiary/aromatic N) is 3. The highest BCUT2D eigenvalue weighted by Crippen LogP contribution is 2.32. The second-order valence-corrected chi connectivity index (χ2v) is 8.21. The number of unbranched alkanes of at least 4 members (excludes halogenated alkanes) is 1. The molecule has 1 unspecified atom stereocenters. The van der Waals surface area contributed by atoms with Gasteiger partial charge in [-0.3, -0.25) is 0 Å². The minimum absolute atomic E-state index is 0.170. The van der Waals surface area contributed by atoms with Crippen molar-refractivity contribution in [3.8, 4) is 5.69 Å². The van der Waals surface area contributed by atoms with E-state index in [1.165, 1.54) is 5.69 Å². The average molecular weight is 423 g/mol. The van der Waals surface area contributed by atoms with Crippen LogP contribution in [-0.2, 0) is 11.2 Å². The summed E-state index contributed by atoms with van der Waals surface area (Å²) in [5, 5.41) is 8.00. The quantitative estimate of drug-likeness (QED) is 0.525. The van der Waals surface area contributed by atoms with Crippen LogP contribution in [0.2, 0.25) is 0 Å². The smallest absolute Gasteiger partial charge is 0.146 e. The second-order valence-electron chi connectivity index (χ2n) is 8.21. The Labute approximate surface area is 183 Å². The molecule has 1 fully saturated rings. The first-order chi connectivity index (χ1) is 15.2. The van der Waals surface area contributed by atoms with Gasteiger partial charge in [0.1, 0.15) is 5.82 Å². The van der Waals surface area contributed by atoms with E-state index in [1.54, 1.807) is 19.2 Å². The zero-order valence-corrected chi connectivity index (χ0v) is 18.1. The molecule has 1 N–H and O–H groups in total. The van der Waals surface area contributed by atoms with Gasteiger partial charge in [0, 0.05) is 38.6 Å². The van der Waals surface area contributed by atoms with Gasteiger partial charge < -0.3 is 15.0 Å². The molecular weight excluding hydrogens is 391 g/mol. The number of piperazine rings is 1. The predicted molar refractivity (Wildman–Crippen MR) is 122 cm³/mol. The summed E-state index contributed by atoms with van der Waals surface area (Å²) in [5.41, 5.74) is 2.71. The van der Waals surface area contributed by atoms with Crippen LogP contribution in [0.15, 0.2) is 66.9 Å². The Balaban J connectivity index is 1.44. The summed E-state index contributed by atoms with van der Waals surface area (Å²) in [6, 6.07) is 19.4. The SMILES string of the molecule is COCC1(CCCCc2ccnn2-c2ccccc2)CNCCN1c1ccccc1F. The fourth-order valence-corrected chi connectivity index (χ4v) is 4.67. The lowest BCUT2D eigenvalue weighted by Gasteiger charge is -2.49. The van der Waals surface area contributed by atoms with Crippen molar-refractivity contribution in [3.05, 3.63) is 78.4 Å². The van der Waals surface area contributed by atoms with Crippen molar-refractivity contribution in [2.24, 2.45) is 0 Å². The van der Waals surface area contributed by atoms with Crippen molar-refractivity contribution in [2.45, 2.75) is 31.2 Å². The molecule has 0 amide bonds. The maximum atomic E-state index is 14.6. The number of methoxy groups -OCH3 is 1. The summed E-state index contributed by atoms with van der Waals surface area (Å²) in [7, 11) is 1.73. The highest BCUT2D eigenvalue weighted by atomic mass is 19.1. The topological polar surface area (TPSA) is 42.3 Å². The molecule has 3 aromatic rings. The van der Waals surface area contributed by atoms with E-state index >= 15 is 0 Å². The number of rotatable bonds is 9. The van der Waals surface area contributed by atoms with Gasteiger partial charge >= 0.3 is 0 Å². The molecule has 31 heavy (non-hydrogen) atoms. The number of anilines is 1. The summed E-state index contributed by atoms with van der Waals surface area (Å²) in [6.07, 6.45) is 5.80. The monoisotopic (exact) mass is 422 g/mol. The number of hydrogen-bond donors (Lipinski definition) is 1. The lowest BCUT2D eigenvalue weighted by Crippen LogP contribution is -2.64. The summed E-state index contributed by atoms with van der Waals surface area (Å²) in [5.74, 6) is -0.170. The van der Waals surface area contributed by atoms with Gasteiger partial charge in [-0.15, -0.1) is 0 Å². The standard InChI is InChI=1S/C25H31FN4O/c1-31-20-25(19-27-17-18-29(25)24-13-6-5-12-23(24)26)15-8-7-11-22-14-16-28-30(22)21-9-3-2-4-10-21/h2-6,9-10,12-14,16,27H,7-8,11,15,17-20H2,1H3. The molecular formula is C25H31FN4O. The van der Waals surface area contributed by atoms with E-state index in [0.29, 0.717) is 12.3 Å². The normalized spacial score (nSPS) is 19.0. The number of para-hydroxylation sites is 2. The lowest BCUT2D eigenvalue weighted by atomic mass is 9.88. The number of aryl methyl sites for hydroxylation is 1. The molecule has 2 aromatic carbocycles. The van der Waals surface area contributed by atoms with E-state index in [1.807, 2.05) is 41.2 Å². The van der Waals surface area contributed by atoms with E-state index in [4.69, 9.17) is 4.74 Å². The van der Waals surface area contributed by atoms with Crippen LogP contribution in [0.5, 0.6) is 0 Å². The molecule has 6 heteroatoms. The maximum absolute atomic E-state index is 14.6. The molecule has 0 bridgehead atoms. The molecule has 1 atom stereocenters. The van der Waals surface area contributed by atoms with Crippen LogP contribution in [0.4, 0.5) is 10.1 Å². The van der Waals surface area contributed by atoms with Gasteiger partial charge in [-0.05, 0) is 49.6 Å². The van der Waals surface area contributed by atoms with Gasteiger partial charge in [-0.2, -0.15) is 5.10 Å². The third kappa shape index (κ3) is 4.81. The first kappa shape index (κ1) is 21.5. The first-order valence-corrected chi connectivity index (χ1v) is 11.0. The Bertz CT molecular complexity index is 957. The second kappa shape index (κ2) is 10.1. The van der Waals surface area contributed by atoms with Gasteiger partial charge in [0.25, 0.3) is 0 Å². The van der Waals surface area contributed by atoms with Crippen LogP contribution in [0.3, 0.4) is 0 Å². The third-order valence-corrected chi connectivity index (χ3v) is 6.14. The number of aromatic nitrogens is 2. The van der Waals surface area contributed by atoms with Crippen molar-refractivity contribution >= 4 is 5.69 Å². The largest absolute Gasteiger partial charge is 0.382 e. The summed E-state index contributed by atoms with van der Waals surface area (Å²) in [6.45, 7) is 2.97. The van der Waals surface area contributed by atoms with Crippen molar-refractivity contribution in [2.75, 3.05) is 38.3 Å². The molecule has 1 saturated heterocycles. The number of halogens is 1. The molecule has 1 aliphatic heterocycles. The summed E-state index contributed by atoms with van der Waals surface area (Å²) < 4.78 is 22.3. The van der Waals surface area contributed by atoms with Crippen LogP contribution in [0, 0.1) is 5.82 Å². The van der Waals surface area contributed by atoms with Crippen LogP contribution in [-0.4, -0.2) is 48.7 Å². The van der Waals surface area contributed by atoms with Gasteiger partial charge in [0.05, 0.1) is 23.5 Å². The first-order valence-electron chi connectivity index (χ1n) is 11.0. The van der Waals surface area contributed by atoms with Gasteiger partial charge in [-0.1, -0.05) is 36.8 Å². The molecule has 0 saturated carbocycles. The Kier molecular flexibility index (Phi) is 6.99. The van der Waals surface area contributed by atoms with Gasteiger partial charge in [0.15, 0.2) is 0 Å². The number of hydrogen-bond acceptors (Lipinski definition) is 4. The van der Waals surface area contributed by atoms with Crippen LogP contribution < -0.4 is 10.2 Å². The van der Waals surface area contributed by atoms with Gasteiger partial charge in [-0.25, -0.2) is 9.07 Å². The Morgan fingerprint density at radius 1 is 1.06 bits per heavy atom. The zero-order valence-electron chi connectivity index (χ0n) is 18.1. The van der Waals surface area contributed by atoms with Crippen molar-refractivity contribution in [1.29, 1.82) is 0 Å². The number of nitrogens with one attached hydrogen (secondary N) is 1. The van der Waals surface area contributed by atoms with E-state index in [2.05, 4.69) is 33.5 Å². The molecule has 1 aliphatic rings. The third-order valence-electron chi connectivity index (χ3n) is 6.14. The lowest BCUT2D eigenvalue weighted by molar-refractivity contribution is 0.109. The summed E-state index contributed by atoms with van der Waals surface area (Å²) in [4.78, 5) is 2.22. The fourth-order valence-electron chi connectivity index (χ4n) is 4.67. The van der Waals surface area contributed by atoms with E-state index in [9.17, 15) is 4.39 Å². The van der Waals surface area contributed by atoms with Crippen LogP contribution in [0.25, 0.3) is 5.69 Å². The van der Waals surface area contributed by atoms with Crippen molar-refractivity contribution in [3.63, 3.8) is 0 Å². The number of benzene rings is 2.